The number of rotatable bonds is 8. The first-order chi connectivity index (χ1) is 13.6. The molecule has 7 heteroatoms. The van der Waals surface area contributed by atoms with E-state index in [-0.39, 0.29) is 5.91 Å². The Morgan fingerprint density at radius 2 is 1.89 bits per heavy atom. The number of aryl methyl sites for hydroxylation is 1. The number of amides is 1. The van der Waals surface area contributed by atoms with Crippen molar-refractivity contribution in [2.24, 2.45) is 7.05 Å². The first-order valence-electron chi connectivity index (χ1n) is 8.78. The molecule has 0 aliphatic carbocycles. The van der Waals surface area contributed by atoms with E-state index >= 15 is 0 Å². The summed E-state index contributed by atoms with van der Waals surface area (Å²) in [5.74, 6) is 2.45. The normalized spacial score (nSPS) is 11.7. The van der Waals surface area contributed by atoms with Crippen molar-refractivity contribution in [1.82, 2.24) is 14.9 Å². The van der Waals surface area contributed by atoms with Gasteiger partial charge in [0.25, 0.3) is 0 Å². The Bertz CT molecular complexity index is 925. The molecule has 1 atom stereocenters. The van der Waals surface area contributed by atoms with Gasteiger partial charge < -0.3 is 19.4 Å². The van der Waals surface area contributed by atoms with Crippen LogP contribution in [0.1, 0.15) is 17.4 Å². The first-order valence-corrected chi connectivity index (χ1v) is 9.77. The zero-order valence-electron chi connectivity index (χ0n) is 16.1. The lowest BCUT2D eigenvalue weighted by Gasteiger charge is -2.21. The summed E-state index contributed by atoms with van der Waals surface area (Å²) in [7, 11) is 5.16. The van der Waals surface area contributed by atoms with Gasteiger partial charge in [-0.1, -0.05) is 18.2 Å². The van der Waals surface area contributed by atoms with Crippen molar-refractivity contribution >= 4 is 17.7 Å². The highest BCUT2D eigenvalue weighted by atomic mass is 32.2. The standard InChI is InChI=1S/C21H23N3O3S/c1-24-13-12-22-21(24)20(17-6-4-5-7-18(17)27-3)23-19(25)14-28-16-10-8-15(26-2)9-11-16/h4-13,20H,14H2,1-3H3,(H,23,25). The molecule has 0 aliphatic heterocycles. The smallest absolute Gasteiger partial charge is 0.231 e. The maximum absolute atomic E-state index is 12.7. The number of hydrogen-bond donors (Lipinski definition) is 1. The van der Waals surface area contributed by atoms with E-state index in [4.69, 9.17) is 9.47 Å². The minimum atomic E-state index is -0.403. The summed E-state index contributed by atoms with van der Waals surface area (Å²) in [4.78, 5) is 18.1. The number of ether oxygens (including phenoxy) is 2. The maximum atomic E-state index is 12.7. The molecule has 28 heavy (non-hydrogen) atoms. The van der Waals surface area contributed by atoms with E-state index in [9.17, 15) is 4.79 Å². The predicted molar refractivity (Wildman–Crippen MR) is 110 cm³/mol. The minimum absolute atomic E-state index is 0.0836. The number of carbonyl (C=O) groups excluding carboxylic acids is 1. The van der Waals surface area contributed by atoms with Gasteiger partial charge in [-0.15, -0.1) is 11.8 Å². The summed E-state index contributed by atoms with van der Waals surface area (Å²) in [6.45, 7) is 0. The molecule has 0 radical (unpaired) electrons. The molecule has 1 N–H and O–H groups in total. The molecular formula is C21H23N3O3S. The second-order valence-corrected chi connectivity index (χ2v) is 7.15. The van der Waals surface area contributed by atoms with Crippen molar-refractivity contribution in [3.8, 4) is 11.5 Å². The van der Waals surface area contributed by atoms with Gasteiger partial charge in [-0.3, -0.25) is 4.79 Å². The molecular weight excluding hydrogens is 374 g/mol. The van der Waals surface area contributed by atoms with Gasteiger partial charge in [0.15, 0.2) is 0 Å². The molecule has 0 fully saturated rings. The van der Waals surface area contributed by atoms with Crippen molar-refractivity contribution in [2.75, 3.05) is 20.0 Å². The number of hydrogen-bond acceptors (Lipinski definition) is 5. The molecule has 0 bridgehead atoms. The zero-order chi connectivity index (χ0) is 19.9. The topological polar surface area (TPSA) is 65.4 Å². The average molecular weight is 398 g/mol. The highest BCUT2D eigenvalue weighted by Gasteiger charge is 2.23. The highest BCUT2D eigenvalue weighted by molar-refractivity contribution is 8.00. The third-order valence-electron chi connectivity index (χ3n) is 4.30. The van der Waals surface area contributed by atoms with Crippen LogP contribution in [-0.4, -0.2) is 35.4 Å². The number of aromatic nitrogens is 2. The Hall–Kier alpha value is -2.93. The molecule has 2 aromatic carbocycles. The zero-order valence-corrected chi connectivity index (χ0v) is 16.9. The largest absolute Gasteiger partial charge is 0.497 e. The lowest BCUT2D eigenvalue weighted by molar-refractivity contribution is -0.119. The fourth-order valence-corrected chi connectivity index (χ4v) is 3.57. The van der Waals surface area contributed by atoms with Crippen molar-refractivity contribution in [2.45, 2.75) is 10.9 Å². The van der Waals surface area contributed by atoms with Crippen molar-refractivity contribution in [1.29, 1.82) is 0 Å². The number of methoxy groups -OCH3 is 2. The fourth-order valence-electron chi connectivity index (χ4n) is 2.87. The molecule has 3 aromatic rings. The summed E-state index contributed by atoms with van der Waals surface area (Å²) < 4.78 is 12.5. The molecule has 1 unspecified atom stereocenters. The van der Waals surface area contributed by atoms with Gasteiger partial charge in [0.05, 0.1) is 20.0 Å². The SMILES string of the molecule is COc1ccc(SCC(=O)NC(c2ccccc2OC)c2nccn2C)cc1. The van der Waals surface area contributed by atoms with Crippen LogP contribution in [0.15, 0.2) is 65.8 Å². The Labute approximate surface area is 168 Å². The Kier molecular flexibility index (Phi) is 6.60. The summed E-state index contributed by atoms with van der Waals surface area (Å²) in [5, 5.41) is 3.10. The van der Waals surface area contributed by atoms with Crippen molar-refractivity contribution in [3.05, 3.63) is 72.3 Å². The van der Waals surface area contributed by atoms with E-state index in [1.807, 2.05) is 66.3 Å². The van der Waals surface area contributed by atoms with E-state index in [1.165, 1.54) is 11.8 Å². The minimum Gasteiger partial charge on any atom is -0.497 e. The third-order valence-corrected chi connectivity index (χ3v) is 5.31. The van der Waals surface area contributed by atoms with Gasteiger partial charge >= 0.3 is 0 Å². The quantitative estimate of drug-likeness (QED) is 0.590. The van der Waals surface area contributed by atoms with Crippen LogP contribution in [0.25, 0.3) is 0 Å². The molecule has 0 saturated heterocycles. The predicted octanol–water partition coefficient (Wildman–Crippen LogP) is 3.44. The van der Waals surface area contributed by atoms with Crippen LogP contribution in [0, 0.1) is 0 Å². The van der Waals surface area contributed by atoms with Crippen molar-refractivity contribution < 1.29 is 14.3 Å². The monoisotopic (exact) mass is 397 g/mol. The van der Waals surface area contributed by atoms with Gasteiger partial charge in [0.2, 0.25) is 5.91 Å². The van der Waals surface area contributed by atoms with Crippen LogP contribution in [0.2, 0.25) is 0 Å². The lowest BCUT2D eigenvalue weighted by Crippen LogP contribution is -2.32. The van der Waals surface area contributed by atoms with Crippen LogP contribution < -0.4 is 14.8 Å². The van der Waals surface area contributed by atoms with Gasteiger partial charge in [-0.2, -0.15) is 0 Å². The fraction of sp³-hybridized carbons (Fsp3) is 0.238. The lowest BCUT2D eigenvalue weighted by atomic mass is 10.0. The second-order valence-electron chi connectivity index (χ2n) is 6.10. The van der Waals surface area contributed by atoms with Crippen molar-refractivity contribution in [3.63, 3.8) is 0 Å². The molecule has 146 valence electrons. The molecule has 1 heterocycles. The molecule has 0 spiro atoms. The van der Waals surface area contributed by atoms with E-state index in [0.717, 1.165) is 22.0 Å². The summed E-state index contributed by atoms with van der Waals surface area (Å²) in [6.07, 6.45) is 3.58. The van der Waals surface area contributed by atoms with E-state index < -0.39 is 6.04 Å². The number of thioether (sulfide) groups is 1. The first kappa shape index (κ1) is 19.8. The summed E-state index contributed by atoms with van der Waals surface area (Å²) in [5.41, 5.74) is 0.863. The Morgan fingerprint density at radius 1 is 1.14 bits per heavy atom. The number of nitrogens with one attached hydrogen (secondary N) is 1. The average Bonchev–Trinajstić information content (AvgIpc) is 3.16. The number of nitrogens with zero attached hydrogens (tertiary/aromatic N) is 2. The highest BCUT2D eigenvalue weighted by Crippen LogP contribution is 2.29. The molecule has 0 aliphatic rings. The van der Waals surface area contributed by atoms with E-state index in [2.05, 4.69) is 10.3 Å². The van der Waals surface area contributed by atoms with Gasteiger partial charge in [-0.05, 0) is 30.3 Å². The molecule has 6 nitrogen and oxygen atoms in total. The van der Waals surface area contributed by atoms with Gasteiger partial charge in [0, 0.05) is 29.9 Å². The van der Waals surface area contributed by atoms with Crippen LogP contribution in [-0.2, 0) is 11.8 Å². The molecule has 1 aromatic heterocycles. The van der Waals surface area contributed by atoms with Crippen LogP contribution in [0.3, 0.4) is 0 Å². The van der Waals surface area contributed by atoms with Gasteiger partial charge in [-0.25, -0.2) is 4.98 Å². The summed E-state index contributed by atoms with van der Waals surface area (Å²) >= 11 is 1.47. The van der Waals surface area contributed by atoms with Crippen LogP contribution in [0.4, 0.5) is 0 Å². The Balaban J connectivity index is 1.75. The van der Waals surface area contributed by atoms with E-state index in [0.29, 0.717) is 11.5 Å². The third kappa shape index (κ3) is 4.67. The number of imidazole rings is 1. The van der Waals surface area contributed by atoms with Gasteiger partial charge in [0.1, 0.15) is 23.4 Å². The van der Waals surface area contributed by atoms with Crippen LogP contribution >= 0.6 is 11.8 Å². The van der Waals surface area contributed by atoms with Crippen LogP contribution in [0.5, 0.6) is 11.5 Å². The Morgan fingerprint density at radius 3 is 2.54 bits per heavy atom. The number of para-hydroxylation sites is 1. The maximum Gasteiger partial charge on any atom is 0.231 e. The number of benzene rings is 2. The second kappa shape index (κ2) is 9.32. The summed E-state index contributed by atoms with van der Waals surface area (Å²) in [6, 6.07) is 14.9. The molecule has 3 rings (SSSR count). The number of carbonyl (C=O) groups is 1. The molecule has 0 saturated carbocycles. The van der Waals surface area contributed by atoms with E-state index in [1.54, 1.807) is 20.4 Å². The molecule has 1 amide bonds.